The predicted molar refractivity (Wildman–Crippen MR) is 84.5 cm³/mol. The van der Waals surface area contributed by atoms with Crippen molar-refractivity contribution >= 4 is 5.91 Å². The molecule has 1 atom stereocenters. The van der Waals surface area contributed by atoms with Crippen molar-refractivity contribution in [3.8, 4) is 11.1 Å². The van der Waals surface area contributed by atoms with E-state index < -0.39 is 0 Å². The van der Waals surface area contributed by atoms with Gasteiger partial charge >= 0.3 is 0 Å². The molecule has 2 aromatic carbocycles. The Balaban J connectivity index is 1.77. The van der Waals surface area contributed by atoms with Crippen molar-refractivity contribution < 1.29 is 4.79 Å². The molecule has 3 heteroatoms. The van der Waals surface area contributed by atoms with Crippen LogP contribution in [0.5, 0.6) is 0 Å². The molecule has 1 fully saturated rings. The molecule has 0 radical (unpaired) electrons. The highest BCUT2D eigenvalue weighted by Crippen LogP contribution is 2.23. The van der Waals surface area contributed by atoms with Gasteiger partial charge in [-0.05, 0) is 35.2 Å². The predicted octanol–water partition coefficient (Wildman–Crippen LogP) is 2.66. The molecule has 1 unspecified atom stereocenters. The molecule has 108 valence electrons. The van der Waals surface area contributed by atoms with E-state index >= 15 is 0 Å². The van der Waals surface area contributed by atoms with Gasteiger partial charge in [-0.15, -0.1) is 0 Å². The molecule has 0 bridgehead atoms. The van der Waals surface area contributed by atoms with Crippen LogP contribution in [-0.4, -0.2) is 23.9 Å². The highest BCUT2D eigenvalue weighted by atomic mass is 16.2. The van der Waals surface area contributed by atoms with Gasteiger partial charge in [0.15, 0.2) is 0 Å². The van der Waals surface area contributed by atoms with Crippen LogP contribution in [-0.2, 0) is 11.3 Å². The number of likely N-dealkylation sites (tertiary alicyclic amines) is 1. The molecule has 1 amide bonds. The first kappa shape index (κ1) is 13.8. The fourth-order valence-corrected chi connectivity index (χ4v) is 2.86. The lowest BCUT2D eigenvalue weighted by Crippen LogP contribution is -2.25. The van der Waals surface area contributed by atoms with E-state index in [1.54, 1.807) is 0 Å². The fraction of sp³-hybridized carbons (Fsp3) is 0.278. The lowest BCUT2D eigenvalue weighted by molar-refractivity contribution is -0.128. The third-order valence-electron chi connectivity index (χ3n) is 4.04. The van der Waals surface area contributed by atoms with E-state index in [-0.39, 0.29) is 5.91 Å². The van der Waals surface area contributed by atoms with Gasteiger partial charge in [-0.1, -0.05) is 48.5 Å². The van der Waals surface area contributed by atoms with E-state index in [1.165, 1.54) is 16.7 Å². The Kier molecular flexibility index (Phi) is 4.02. The highest BCUT2D eigenvalue weighted by molar-refractivity contribution is 5.78. The number of hydrogen-bond acceptors (Lipinski definition) is 2. The van der Waals surface area contributed by atoms with Gasteiger partial charge in [-0.3, -0.25) is 4.79 Å². The first-order valence-corrected chi connectivity index (χ1v) is 7.38. The standard InChI is InChI=1S/C18H20N2O/c19-11-15-10-18(21)20(13-15)12-14-5-4-8-17(9-14)16-6-2-1-3-7-16/h1-9,15H,10-13,19H2. The Bertz CT molecular complexity index is 624. The Morgan fingerprint density at radius 3 is 2.52 bits per heavy atom. The Morgan fingerprint density at radius 2 is 1.81 bits per heavy atom. The van der Waals surface area contributed by atoms with E-state index in [9.17, 15) is 4.79 Å². The lowest BCUT2D eigenvalue weighted by atomic mass is 10.0. The molecular formula is C18H20N2O. The van der Waals surface area contributed by atoms with Crippen molar-refractivity contribution in [1.29, 1.82) is 0 Å². The van der Waals surface area contributed by atoms with E-state index in [2.05, 4.69) is 36.4 Å². The van der Waals surface area contributed by atoms with E-state index in [0.717, 1.165) is 6.54 Å². The maximum atomic E-state index is 12.0. The number of nitrogens with two attached hydrogens (primary N) is 1. The van der Waals surface area contributed by atoms with Gasteiger partial charge in [0.1, 0.15) is 0 Å². The van der Waals surface area contributed by atoms with Crippen molar-refractivity contribution in [2.24, 2.45) is 11.7 Å². The van der Waals surface area contributed by atoms with E-state index in [4.69, 9.17) is 5.73 Å². The Labute approximate surface area is 125 Å². The molecule has 1 heterocycles. The summed E-state index contributed by atoms with van der Waals surface area (Å²) in [7, 11) is 0. The number of carbonyl (C=O) groups is 1. The van der Waals surface area contributed by atoms with Crippen LogP contribution in [0.15, 0.2) is 54.6 Å². The second-order valence-electron chi connectivity index (χ2n) is 5.65. The minimum atomic E-state index is 0.218. The molecule has 0 aromatic heterocycles. The first-order valence-electron chi connectivity index (χ1n) is 7.38. The topological polar surface area (TPSA) is 46.3 Å². The van der Waals surface area contributed by atoms with Gasteiger partial charge in [0, 0.05) is 19.5 Å². The zero-order valence-corrected chi connectivity index (χ0v) is 12.0. The van der Waals surface area contributed by atoms with Crippen molar-refractivity contribution in [2.75, 3.05) is 13.1 Å². The van der Waals surface area contributed by atoms with Crippen LogP contribution in [0.25, 0.3) is 11.1 Å². The first-order chi connectivity index (χ1) is 10.3. The zero-order chi connectivity index (χ0) is 14.7. The fourth-order valence-electron chi connectivity index (χ4n) is 2.86. The Morgan fingerprint density at radius 1 is 1.05 bits per heavy atom. The smallest absolute Gasteiger partial charge is 0.223 e. The van der Waals surface area contributed by atoms with Gasteiger partial charge in [-0.25, -0.2) is 0 Å². The summed E-state index contributed by atoms with van der Waals surface area (Å²) in [6.07, 6.45) is 0.592. The average Bonchev–Trinajstić information content (AvgIpc) is 2.89. The third-order valence-corrected chi connectivity index (χ3v) is 4.04. The second kappa shape index (κ2) is 6.10. The number of hydrogen-bond donors (Lipinski definition) is 1. The van der Waals surface area contributed by atoms with Crippen LogP contribution in [0.3, 0.4) is 0 Å². The third kappa shape index (κ3) is 3.14. The molecule has 0 aliphatic carbocycles. The lowest BCUT2D eigenvalue weighted by Gasteiger charge is -2.17. The molecule has 0 spiro atoms. The van der Waals surface area contributed by atoms with Crippen molar-refractivity contribution in [3.05, 3.63) is 60.2 Å². The highest BCUT2D eigenvalue weighted by Gasteiger charge is 2.28. The normalized spacial score (nSPS) is 18.2. The van der Waals surface area contributed by atoms with E-state index in [1.807, 2.05) is 23.1 Å². The maximum Gasteiger partial charge on any atom is 0.223 e. The number of amides is 1. The van der Waals surface area contributed by atoms with Crippen molar-refractivity contribution in [3.63, 3.8) is 0 Å². The molecule has 2 aromatic rings. The molecule has 21 heavy (non-hydrogen) atoms. The summed E-state index contributed by atoms with van der Waals surface area (Å²) in [6, 6.07) is 18.7. The van der Waals surface area contributed by atoms with E-state index in [0.29, 0.717) is 25.4 Å². The molecule has 3 nitrogen and oxygen atoms in total. The van der Waals surface area contributed by atoms with Gasteiger partial charge < -0.3 is 10.6 Å². The van der Waals surface area contributed by atoms with Crippen LogP contribution in [0, 0.1) is 5.92 Å². The molecule has 1 aliphatic heterocycles. The van der Waals surface area contributed by atoms with Crippen molar-refractivity contribution in [1.82, 2.24) is 4.90 Å². The summed E-state index contributed by atoms with van der Waals surface area (Å²) in [5, 5.41) is 0. The molecule has 0 saturated carbocycles. The average molecular weight is 280 g/mol. The van der Waals surface area contributed by atoms with Crippen LogP contribution in [0.4, 0.5) is 0 Å². The summed E-state index contributed by atoms with van der Waals surface area (Å²) < 4.78 is 0. The summed E-state index contributed by atoms with van der Waals surface area (Å²) in [6.45, 7) is 2.05. The SMILES string of the molecule is NCC1CC(=O)N(Cc2cccc(-c3ccccc3)c2)C1. The number of rotatable bonds is 4. The second-order valence-corrected chi connectivity index (χ2v) is 5.65. The number of carbonyl (C=O) groups excluding carboxylic acids is 1. The van der Waals surface area contributed by atoms with Crippen LogP contribution < -0.4 is 5.73 Å². The molecule has 3 rings (SSSR count). The molecule has 1 saturated heterocycles. The van der Waals surface area contributed by atoms with Crippen LogP contribution in [0.2, 0.25) is 0 Å². The van der Waals surface area contributed by atoms with Gasteiger partial charge in [0.25, 0.3) is 0 Å². The quantitative estimate of drug-likeness (QED) is 0.936. The Hall–Kier alpha value is -2.13. The van der Waals surface area contributed by atoms with Crippen LogP contribution in [0.1, 0.15) is 12.0 Å². The summed E-state index contributed by atoms with van der Waals surface area (Å²) in [4.78, 5) is 13.9. The monoisotopic (exact) mass is 280 g/mol. The molecular weight excluding hydrogens is 260 g/mol. The summed E-state index contributed by atoms with van der Waals surface area (Å²) in [5.74, 6) is 0.533. The summed E-state index contributed by atoms with van der Waals surface area (Å²) in [5.41, 5.74) is 9.23. The van der Waals surface area contributed by atoms with Gasteiger partial charge in [0.05, 0.1) is 0 Å². The summed E-state index contributed by atoms with van der Waals surface area (Å²) >= 11 is 0. The maximum absolute atomic E-state index is 12.0. The van der Waals surface area contributed by atoms with Crippen LogP contribution >= 0.6 is 0 Å². The largest absolute Gasteiger partial charge is 0.338 e. The number of benzene rings is 2. The van der Waals surface area contributed by atoms with Gasteiger partial charge in [-0.2, -0.15) is 0 Å². The minimum Gasteiger partial charge on any atom is -0.338 e. The molecule has 1 aliphatic rings. The zero-order valence-electron chi connectivity index (χ0n) is 12.0. The number of nitrogens with zero attached hydrogens (tertiary/aromatic N) is 1. The van der Waals surface area contributed by atoms with Gasteiger partial charge in [0.2, 0.25) is 5.91 Å². The minimum absolute atomic E-state index is 0.218. The van der Waals surface area contributed by atoms with Crippen molar-refractivity contribution in [2.45, 2.75) is 13.0 Å². The molecule has 2 N–H and O–H groups in total.